The van der Waals surface area contributed by atoms with Crippen molar-refractivity contribution in [2.75, 3.05) is 21.3 Å². The molecule has 12 heteroatoms. The zero-order valence-electron chi connectivity index (χ0n) is 17.2. The summed E-state index contributed by atoms with van der Waals surface area (Å²) in [5.74, 6) is -0.697. The van der Waals surface area contributed by atoms with Gasteiger partial charge in [0.2, 0.25) is 0 Å². The molecule has 0 spiro atoms. The molecule has 170 valence electrons. The molecular formula is C20H18F4N4O4. The first-order valence-corrected chi connectivity index (χ1v) is 9.05. The smallest absolute Gasteiger partial charge is 0.435 e. The summed E-state index contributed by atoms with van der Waals surface area (Å²) in [6.45, 7) is -0.191. The highest BCUT2D eigenvalue weighted by Crippen LogP contribution is 2.35. The van der Waals surface area contributed by atoms with Crippen molar-refractivity contribution in [3.63, 3.8) is 0 Å². The van der Waals surface area contributed by atoms with Gasteiger partial charge >= 0.3 is 6.18 Å². The molecule has 0 unspecified atom stereocenters. The minimum Gasteiger partial charge on any atom is -0.496 e. The van der Waals surface area contributed by atoms with E-state index in [0.717, 1.165) is 24.3 Å². The Morgan fingerprint density at radius 2 is 1.59 bits per heavy atom. The highest BCUT2D eigenvalue weighted by Gasteiger charge is 2.42. The van der Waals surface area contributed by atoms with E-state index < -0.39 is 29.3 Å². The van der Waals surface area contributed by atoms with Gasteiger partial charge in [-0.1, -0.05) is 5.21 Å². The Morgan fingerprint density at radius 3 is 2.16 bits per heavy atom. The Labute approximate surface area is 179 Å². The average molecular weight is 454 g/mol. The van der Waals surface area contributed by atoms with Gasteiger partial charge in [-0.2, -0.15) is 13.2 Å². The van der Waals surface area contributed by atoms with Gasteiger partial charge in [-0.3, -0.25) is 4.79 Å². The maximum Gasteiger partial charge on any atom is 0.435 e. The third-order valence-corrected chi connectivity index (χ3v) is 4.45. The number of hydrogen-bond acceptors (Lipinski definition) is 6. The summed E-state index contributed by atoms with van der Waals surface area (Å²) in [6, 6.07) is 7.18. The lowest BCUT2D eigenvalue weighted by atomic mass is 10.1. The number of nitrogens with one attached hydrogen (secondary N) is 1. The molecular weight excluding hydrogens is 436 g/mol. The second-order valence-electron chi connectivity index (χ2n) is 6.37. The Kier molecular flexibility index (Phi) is 6.51. The van der Waals surface area contributed by atoms with Crippen LogP contribution in [-0.4, -0.2) is 42.2 Å². The van der Waals surface area contributed by atoms with Crippen molar-refractivity contribution < 1.29 is 36.6 Å². The second-order valence-corrected chi connectivity index (χ2v) is 6.37. The highest BCUT2D eigenvalue weighted by atomic mass is 19.4. The van der Waals surface area contributed by atoms with Crippen molar-refractivity contribution in [3.8, 4) is 22.9 Å². The SMILES string of the molecule is COc1cc(OC)c(OC)cc1CNC(=O)c1nnn(-c2ccc(F)cc2)c1C(F)(F)F. The molecule has 1 aromatic heterocycles. The predicted octanol–water partition coefficient (Wildman–Crippen LogP) is 3.38. The molecule has 0 aliphatic carbocycles. The van der Waals surface area contributed by atoms with Crippen molar-refractivity contribution in [1.29, 1.82) is 0 Å². The summed E-state index contributed by atoms with van der Waals surface area (Å²) >= 11 is 0. The lowest BCUT2D eigenvalue weighted by Gasteiger charge is -2.15. The monoisotopic (exact) mass is 454 g/mol. The first-order chi connectivity index (χ1) is 15.2. The molecule has 0 aliphatic rings. The summed E-state index contributed by atoms with van der Waals surface area (Å²) in [5, 5.41) is 9.23. The second kappa shape index (κ2) is 9.12. The molecule has 1 amide bonds. The molecule has 8 nitrogen and oxygen atoms in total. The van der Waals surface area contributed by atoms with E-state index in [9.17, 15) is 22.4 Å². The van der Waals surface area contributed by atoms with E-state index in [0.29, 0.717) is 27.5 Å². The molecule has 0 saturated carbocycles. The van der Waals surface area contributed by atoms with E-state index in [4.69, 9.17) is 14.2 Å². The number of nitrogens with zero attached hydrogens (tertiary/aromatic N) is 3. The average Bonchev–Trinajstić information content (AvgIpc) is 3.23. The number of methoxy groups -OCH3 is 3. The fourth-order valence-corrected chi connectivity index (χ4v) is 2.94. The number of carbonyl (C=O) groups is 1. The van der Waals surface area contributed by atoms with Gasteiger partial charge < -0.3 is 19.5 Å². The summed E-state index contributed by atoms with van der Waals surface area (Å²) < 4.78 is 70.4. The van der Waals surface area contributed by atoms with Crippen LogP contribution in [0.25, 0.3) is 5.69 Å². The van der Waals surface area contributed by atoms with Crippen molar-refractivity contribution >= 4 is 5.91 Å². The van der Waals surface area contributed by atoms with Crippen LogP contribution in [0.4, 0.5) is 17.6 Å². The molecule has 32 heavy (non-hydrogen) atoms. The lowest BCUT2D eigenvalue weighted by molar-refractivity contribution is -0.143. The summed E-state index contributed by atoms with van der Waals surface area (Å²) in [7, 11) is 4.24. The van der Waals surface area contributed by atoms with Crippen molar-refractivity contribution in [1.82, 2.24) is 20.3 Å². The number of aromatic nitrogens is 3. The molecule has 2 aromatic carbocycles. The van der Waals surface area contributed by atoms with Crippen molar-refractivity contribution in [3.05, 3.63) is 59.2 Å². The highest BCUT2D eigenvalue weighted by molar-refractivity contribution is 5.93. The maximum atomic E-state index is 13.7. The lowest BCUT2D eigenvalue weighted by Crippen LogP contribution is -2.27. The van der Waals surface area contributed by atoms with Crippen LogP contribution >= 0.6 is 0 Å². The number of ether oxygens (including phenoxy) is 3. The van der Waals surface area contributed by atoms with Crippen LogP contribution in [0.1, 0.15) is 21.7 Å². The summed E-state index contributed by atoms with van der Waals surface area (Å²) in [4.78, 5) is 12.6. The molecule has 0 fully saturated rings. The van der Waals surface area contributed by atoms with Crippen LogP contribution < -0.4 is 19.5 Å². The maximum absolute atomic E-state index is 13.7. The fraction of sp³-hybridized carbons (Fsp3) is 0.250. The zero-order chi connectivity index (χ0) is 23.5. The Morgan fingerprint density at radius 1 is 1.00 bits per heavy atom. The normalized spacial score (nSPS) is 11.2. The van der Waals surface area contributed by atoms with Gasteiger partial charge in [-0.25, -0.2) is 9.07 Å². The van der Waals surface area contributed by atoms with Gasteiger partial charge in [0.15, 0.2) is 22.9 Å². The predicted molar refractivity (Wildman–Crippen MR) is 104 cm³/mol. The molecule has 1 heterocycles. The van der Waals surface area contributed by atoms with Gasteiger partial charge in [0, 0.05) is 18.2 Å². The third kappa shape index (κ3) is 4.58. The number of benzene rings is 2. The van der Waals surface area contributed by atoms with Crippen LogP contribution in [0.3, 0.4) is 0 Å². The van der Waals surface area contributed by atoms with E-state index in [-0.39, 0.29) is 12.2 Å². The van der Waals surface area contributed by atoms with Crippen molar-refractivity contribution in [2.24, 2.45) is 0 Å². The molecule has 0 bridgehead atoms. The van der Waals surface area contributed by atoms with E-state index >= 15 is 0 Å². The fourth-order valence-electron chi connectivity index (χ4n) is 2.94. The van der Waals surface area contributed by atoms with Crippen LogP contribution in [0, 0.1) is 5.82 Å². The minimum atomic E-state index is -4.95. The topological polar surface area (TPSA) is 87.5 Å². The zero-order valence-corrected chi connectivity index (χ0v) is 17.2. The minimum absolute atomic E-state index is 0.105. The number of alkyl halides is 3. The number of amides is 1. The number of hydrogen-bond donors (Lipinski definition) is 1. The quantitative estimate of drug-likeness (QED) is 0.551. The van der Waals surface area contributed by atoms with E-state index in [1.165, 1.54) is 33.5 Å². The molecule has 3 rings (SSSR count). The van der Waals surface area contributed by atoms with Crippen molar-refractivity contribution in [2.45, 2.75) is 12.7 Å². The van der Waals surface area contributed by atoms with E-state index in [1.54, 1.807) is 0 Å². The molecule has 1 N–H and O–H groups in total. The Bertz CT molecular complexity index is 1110. The first kappa shape index (κ1) is 22.8. The van der Waals surface area contributed by atoms with Gasteiger partial charge in [0.25, 0.3) is 5.91 Å². The summed E-state index contributed by atoms with van der Waals surface area (Å²) in [6.07, 6.45) is -4.95. The molecule has 0 radical (unpaired) electrons. The van der Waals surface area contributed by atoms with Crippen LogP contribution in [0.2, 0.25) is 0 Å². The Balaban J connectivity index is 1.91. The Hall–Kier alpha value is -3.83. The first-order valence-electron chi connectivity index (χ1n) is 9.05. The molecule has 0 aliphatic heterocycles. The summed E-state index contributed by atoms with van der Waals surface area (Å²) in [5.41, 5.74) is -1.99. The van der Waals surface area contributed by atoms with Gasteiger partial charge in [-0.15, -0.1) is 5.10 Å². The number of halogens is 4. The third-order valence-electron chi connectivity index (χ3n) is 4.45. The van der Waals surface area contributed by atoms with E-state index in [2.05, 4.69) is 15.6 Å². The standard InChI is InChI=1S/C20H18F4N4O4/c1-30-14-9-16(32-3)15(31-2)8-11(14)10-25-19(29)17-18(20(22,23)24)28(27-26-17)13-6-4-12(21)5-7-13/h4-9H,10H2,1-3H3,(H,25,29). The van der Waals surface area contributed by atoms with E-state index in [1.807, 2.05) is 0 Å². The molecule has 0 saturated heterocycles. The van der Waals surface area contributed by atoms with Crippen LogP contribution in [-0.2, 0) is 12.7 Å². The molecule has 3 aromatic rings. The largest absolute Gasteiger partial charge is 0.496 e. The number of carbonyl (C=O) groups excluding carboxylic acids is 1. The van der Waals surface area contributed by atoms with Crippen LogP contribution in [0.5, 0.6) is 17.2 Å². The van der Waals surface area contributed by atoms with Gasteiger partial charge in [0.05, 0.1) is 27.0 Å². The molecule has 0 atom stereocenters. The van der Waals surface area contributed by atoms with Gasteiger partial charge in [-0.05, 0) is 30.3 Å². The number of rotatable bonds is 7. The van der Waals surface area contributed by atoms with Gasteiger partial charge in [0.1, 0.15) is 11.6 Å². The van der Waals surface area contributed by atoms with Crippen LogP contribution in [0.15, 0.2) is 36.4 Å².